The molecule has 0 aliphatic carbocycles. The minimum atomic E-state index is 0.254. The van der Waals surface area contributed by atoms with Gasteiger partial charge in [0.25, 0.3) is 0 Å². The Morgan fingerprint density at radius 3 is 2.85 bits per heavy atom. The summed E-state index contributed by atoms with van der Waals surface area (Å²) in [7, 11) is 0. The molecule has 5 rings (SSSR count). The largest absolute Gasteiger partial charge is 0.494 e. The van der Waals surface area contributed by atoms with Crippen molar-refractivity contribution in [2.75, 3.05) is 24.2 Å². The van der Waals surface area contributed by atoms with Crippen LogP contribution >= 0.6 is 0 Å². The summed E-state index contributed by atoms with van der Waals surface area (Å²) < 4.78 is 5.81. The molecule has 5 aromatic rings. The van der Waals surface area contributed by atoms with Gasteiger partial charge in [0.1, 0.15) is 11.6 Å². The fourth-order valence-electron chi connectivity index (χ4n) is 4.18. The van der Waals surface area contributed by atoms with Gasteiger partial charge in [0.2, 0.25) is 5.95 Å². The molecule has 0 aliphatic heterocycles. The Kier molecular flexibility index (Phi) is 5.60. The first-order valence-electron chi connectivity index (χ1n) is 11.3. The van der Waals surface area contributed by atoms with E-state index in [-0.39, 0.29) is 5.95 Å². The van der Waals surface area contributed by atoms with Gasteiger partial charge in [-0.3, -0.25) is 0 Å². The number of hydrogen-bond donors (Lipinski definition) is 4. The van der Waals surface area contributed by atoms with E-state index in [2.05, 4.69) is 81.7 Å². The molecule has 0 bridgehead atoms. The van der Waals surface area contributed by atoms with Gasteiger partial charge in [0, 0.05) is 52.0 Å². The molecule has 3 heterocycles. The van der Waals surface area contributed by atoms with Crippen molar-refractivity contribution in [3.63, 3.8) is 0 Å². The fourth-order valence-corrected chi connectivity index (χ4v) is 4.18. The second-order valence-electron chi connectivity index (χ2n) is 8.29. The zero-order chi connectivity index (χ0) is 22.8. The van der Waals surface area contributed by atoms with E-state index < -0.39 is 0 Å². The van der Waals surface area contributed by atoms with Crippen molar-refractivity contribution in [2.45, 2.75) is 26.7 Å². The third-order valence-corrected chi connectivity index (χ3v) is 5.77. The molecule has 0 aliphatic rings. The summed E-state index contributed by atoms with van der Waals surface area (Å²) >= 11 is 0. The molecule has 0 amide bonds. The molecule has 7 nitrogen and oxygen atoms in total. The van der Waals surface area contributed by atoms with E-state index in [1.807, 2.05) is 6.07 Å². The SMILES string of the molecule is CCCOc1ccc2[nH]cc(CCNc3nc(N)ncc3-c3ccc4[nH]c(C)cc4c3)c2c1. The van der Waals surface area contributed by atoms with E-state index in [4.69, 9.17) is 10.5 Å². The molecule has 5 N–H and O–H groups in total. The predicted octanol–water partition coefficient (Wildman–Crippen LogP) is 5.44. The second-order valence-corrected chi connectivity index (χ2v) is 8.29. The van der Waals surface area contributed by atoms with Gasteiger partial charge < -0.3 is 25.8 Å². The number of ether oxygens (including phenoxy) is 1. The zero-order valence-corrected chi connectivity index (χ0v) is 18.9. The normalized spacial score (nSPS) is 11.3. The van der Waals surface area contributed by atoms with Crippen LogP contribution < -0.4 is 15.8 Å². The highest BCUT2D eigenvalue weighted by molar-refractivity contribution is 5.88. The first kappa shape index (κ1) is 20.9. The lowest BCUT2D eigenvalue weighted by Gasteiger charge is -2.12. The molecular formula is C26H28N6O. The number of nitrogens with one attached hydrogen (secondary N) is 3. The van der Waals surface area contributed by atoms with E-state index in [9.17, 15) is 0 Å². The van der Waals surface area contributed by atoms with Crippen LogP contribution in [0.3, 0.4) is 0 Å². The summed E-state index contributed by atoms with van der Waals surface area (Å²) in [6, 6.07) is 14.6. The Morgan fingerprint density at radius 2 is 1.97 bits per heavy atom. The van der Waals surface area contributed by atoms with Crippen LogP contribution in [0.4, 0.5) is 11.8 Å². The van der Waals surface area contributed by atoms with Gasteiger partial charge in [-0.1, -0.05) is 13.0 Å². The third-order valence-electron chi connectivity index (χ3n) is 5.77. The highest BCUT2D eigenvalue weighted by Crippen LogP contribution is 2.30. The van der Waals surface area contributed by atoms with E-state index >= 15 is 0 Å². The average Bonchev–Trinajstić information content (AvgIpc) is 3.39. The van der Waals surface area contributed by atoms with Crippen molar-refractivity contribution in [2.24, 2.45) is 0 Å². The Hall–Kier alpha value is -4.00. The number of fused-ring (bicyclic) bond motifs is 2. The van der Waals surface area contributed by atoms with Crippen LogP contribution in [0.25, 0.3) is 32.9 Å². The number of nitrogen functional groups attached to an aromatic ring is 1. The summed E-state index contributed by atoms with van der Waals surface area (Å²) in [4.78, 5) is 15.4. The molecule has 33 heavy (non-hydrogen) atoms. The summed E-state index contributed by atoms with van der Waals surface area (Å²) in [6.45, 7) is 5.60. The molecule has 0 spiro atoms. The van der Waals surface area contributed by atoms with Crippen molar-refractivity contribution in [3.05, 3.63) is 66.1 Å². The lowest BCUT2D eigenvalue weighted by Crippen LogP contribution is -2.09. The smallest absolute Gasteiger partial charge is 0.221 e. The molecule has 0 saturated carbocycles. The van der Waals surface area contributed by atoms with E-state index in [1.54, 1.807) is 6.20 Å². The number of aromatic amines is 2. The lowest BCUT2D eigenvalue weighted by atomic mass is 10.1. The first-order valence-corrected chi connectivity index (χ1v) is 11.3. The van der Waals surface area contributed by atoms with Crippen molar-refractivity contribution < 1.29 is 4.74 Å². The zero-order valence-electron chi connectivity index (χ0n) is 18.9. The molecule has 168 valence electrons. The van der Waals surface area contributed by atoms with Gasteiger partial charge in [-0.05, 0) is 67.3 Å². The van der Waals surface area contributed by atoms with Gasteiger partial charge >= 0.3 is 0 Å². The van der Waals surface area contributed by atoms with Crippen molar-refractivity contribution in [1.29, 1.82) is 0 Å². The molecule has 7 heteroatoms. The molecule has 0 fully saturated rings. The molecular weight excluding hydrogens is 412 g/mol. The number of nitrogens with two attached hydrogens (primary N) is 1. The number of nitrogens with zero attached hydrogens (tertiary/aromatic N) is 2. The summed E-state index contributed by atoms with van der Waals surface area (Å²) in [6.07, 6.45) is 5.67. The molecule has 2 aromatic carbocycles. The Bertz CT molecular complexity index is 1420. The second kappa shape index (κ2) is 8.86. The van der Waals surface area contributed by atoms with Gasteiger partial charge in [0.15, 0.2) is 0 Å². The van der Waals surface area contributed by atoms with Crippen LogP contribution in [0.15, 0.2) is 54.9 Å². The van der Waals surface area contributed by atoms with Crippen LogP contribution in [0.1, 0.15) is 24.6 Å². The van der Waals surface area contributed by atoms with Crippen LogP contribution in [0, 0.1) is 6.92 Å². The van der Waals surface area contributed by atoms with Crippen LogP contribution in [0.2, 0.25) is 0 Å². The molecule has 3 aromatic heterocycles. The van der Waals surface area contributed by atoms with E-state index in [1.165, 1.54) is 10.9 Å². The maximum absolute atomic E-state index is 5.91. The van der Waals surface area contributed by atoms with Gasteiger partial charge in [-0.2, -0.15) is 4.98 Å². The van der Waals surface area contributed by atoms with Gasteiger partial charge in [-0.25, -0.2) is 4.98 Å². The minimum absolute atomic E-state index is 0.254. The monoisotopic (exact) mass is 440 g/mol. The van der Waals surface area contributed by atoms with Gasteiger partial charge in [-0.15, -0.1) is 0 Å². The Labute approximate surface area is 192 Å². The summed E-state index contributed by atoms with van der Waals surface area (Å²) in [5.74, 6) is 1.89. The number of rotatable bonds is 8. The topological polar surface area (TPSA) is 105 Å². The Balaban J connectivity index is 1.36. The maximum atomic E-state index is 5.91. The lowest BCUT2D eigenvalue weighted by molar-refractivity contribution is 0.318. The average molecular weight is 441 g/mol. The number of hydrogen-bond acceptors (Lipinski definition) is 5. The quantitative estimate of drug-likeness (QED) is 0.257. The fraction of sp³-hybridized carbons (Fsp3) is 0.231. The van der Waals surface area contributed by atoms with Crippen molar-refractivity contribution in [3.8, 4) is 16.9 Å². The number of anilines is 2. The highest BCUT2D eigenvalue weighted by Gasteiger charge is 2.11. The standard InChI is InChI=1S/C26H28N6O/c1-3-10-33-20-5-7-24-21(13-20)18(14-29-24)8-9-28-25-22(15-30-26(27)32-25)17-4-6-23-19(12-17)11-16(2)31-23/h4-7,11-15,29,31H,3,8-10H2,1-2H3,(H3,27,28,30,32). The van der Waals surface area contributed by atoms with Crippen molar-refractivity contribution >= 4 is 33.6 Å². The number of aromatic nitrogens is 4. The highest BCUT2D eigenvalue weighted by atomic mass is 16.5. The number of benzene rings is 2. The van der Waals surface area contributed by atoms with Crippen LogP contribution in [-0.4, -0.2) is 33.1 Å². The third kappa shape index (κ3) is 4.35. The Morgan fingerprint density at radius 1 is 1.09 bits per heavy atom. The summed E-state index contributed by atoms with van der Waals surface area (Å²) in [5.41, 5.74) is 12.5. The summed E-state index contributed by atoms with van der Waals surface area (Å²) in [5, 5.41) is 5.82. The van der Waals surface area contributed by atoms with Crippen LogP contribution in [-0.2, 0) is 6.42 Å². The molecule has 0 radical (unpaired) electrons. The maximum Gasteiger partial charge on any atom is 0.221 e. The van der Waals surface area contributed by atoms with E-state index in [0.29, 0.717) is 6.54 Å². The minimum Gasteiger partial charge on any atom is -0.494 e. The molecule has 0 atom stereocenters. The molecule has 0 saturated heterocycles. The predicted molar refractivity (Wildman–Crippen MR) is 135 cm³/mol. The van der Waals surface area contributed by atoms with Crippen LogP contribution in [0.5, 0.6) is 5.75 Å². The van der Waals surface area contributed by atoms with E-state index in [0.717, 1.165) is 64.3 Å². The van der Waals surface area contributed by atoms with Gasteiger partial charge in [0.05, 0.1) is 6.61 Å². The number of aryl methyl sites for hydroxylation is 1. The first-order chi connectivity index (χ1) is 16.1. The molecule has 0 unspecified atom stereocenters. The number of H-pyrrole nitrogens is 2. The van der Waals surface area contributed by atoms with Crippen molar-refractivity contribution in [1.82, 2.24) is 19.9 Å².